The fourth-order valence-electron chi connectivity index (χ4n) is 2.89. The molecule has 0 bridgehead atoms. The molecule has 3 rings (SSSR count). The van der Waals surface area contributed by atoms with Crippen LogP contribution in [0.15, 0.2) is 59.6 Å². The number of hydrogen-bond acceptors (Lipinski definition) is 3. The van der Waals surface area contributed by atoms with Gasteiger partial charge in [0, 0.05) is 34.9 Å². The molecule has 0 saturated heterocycles. The van der Waals surface area contributed by atoms with Gasteiger partial charge >= 0.3 is 0 Å². The predicted octanol–water partition coefficient (Wildman–Crippen LogP) is 4.95. The molecule has 0 aliphatic rings. The van der Waals surface area contributed by atoms with Crippen LogP contribution in [0.25, 0.3) is 5.69 Å². The second-order valence-corrected chi connectivity index (χ2v) is 5.87. The smallest absolute Gasteiger partial charge is 0.119 e. The SMILES string of the molecule is CCOc1ccc(-n2c(C)cc(C=Nc3cccc(O)c3)c2C)cc1. The maximum Gasteiger partial charge on any atom is 0.119 e. The van der Waals surface area contributed by atoms with Crippen molar-refractivity contribution in [1.29, 1.82) is 0 Å². The molecule has 25 heavy (non-hydrogen) atoms. The topological polar surface area (TPSA) is 46.8 Å². The van der Waals surface area contributed by atoms with Crippen molar-refractivity contribution < 1.29 is 9.84 Å². The molecule has 0 fully saturated rings. The minimum Gasteiger partial charge on any atom is -0.508 e. The molecule has 1 N–H and O–H groups in total. The Morgan fingerprint density at radius 1 is 1.08 bits per heavy atom. The molecule has 1 aromatic heterocycles. The zero-order chi connectivity index (χ0) is 17.8. The van der Waals surface area contributed by atoms with Gasteiger partial charge in [0.25, 0.3) is 0 Å². The zero-order valence-electron chi connectivity index (χ0n) is 14.7. The number of aryl methyl sites for hydroxylation is 1. The predicted molar refractivity (Wildman–Crippen MR) is 102 cm³/mol. The third-order valence-corrected chi connectivity index (χ3v) is 4.06. The zero-order valence-corrected chi connectivity index (χ0v) is 14.7. The van der Waals surface area contributed by atoms with Gasteiger partial charge in [-0.15, -0.1) is 0 Å². The maximum absolute atomic E-state index is 9.53. The highest BCUT2D eigenvalue weighted by molar-refractivity contribution is 5.84. The van der Waals surface area contributed by atoms with Gasteiger partial charge in [-0.1, -0.05) is 6.07 Å². The molecular weight excluding hydrogens is 312 g/mol. The average molecular weight is 334 g/mol. The van der Waals surface area contributed by atoms with E-state index in [1.54, 1.807) is 18.2 Å². The Morgan fingerprint density at radius 3 is 2.52 bits per heavy atom. The Kier molecular flexibility index (Phi) is 4.89. The van der Waals surface area contributed by atoms with Gasteiger partial charge in [-0.25, -0.2) is 0 Å². The van der Waals surface area contributed by atoms with Crippen molar-refractivity contribution in [3.05, 3.63) is 71.5 Å². The van der Waals surface area contributed by atoms with Crippen LogP contribution in [0.3, 0.4) is 0 Å². The van der Waals surface area contributed by atoms with Gasteiger partial charge in [-0.2, -0.15) is 0 Å². The highest BCUT2D eigenvalue weighted by Gasteiger charge is 2.09. The summed E-state index contributed by atoms with van der Waals surface area (Å²) in [7, 11) is 0. The quantitative estimate of drug-likeness (QED) is 0.671. The van der Waals surface area contributed by atoms with Crippen LogP contribution in [0.1, 0.15) is 23.9 Å². The summed E-state index contributed by atoms with van der Waals surface area (Å²) in [6.45, 7) is 6.80. The number of aromatic hydroxyl groups is 1. The normalized spacial score (nSPS) is 11.2. The summed E-state index contributed by atoms with van der Waals surface area (Å²) in [5, 5.41) is 9.53. The van der Waals surface area contributed by atoms with Crippen molar-refractivity contribution in [2.75, 3.05) is 6.61 Å². The summed E-state index contributed by atoms with van der Waals surface area (Å²) in [6.07, 6.45) is 1.84. The van der Waals surface area contributed by atoms with E-state index >= 15 is 0 Å². The number of rotatable bonds is 5. The Labute approximate surface area is 148 Å². The van der Waals surface area contributed by atoms with E-state index in [2.05, 4.69) is 41.6 Å². The number of phenols is 1. The van der Waals surface area contributed by atoms with Crippen LogP contribution in [0.2, 0.25) is 0 Å². The number of aromatic nitrogens is 1. The van der Waals surface area contributed by atoms with Gasteiger partial charge < -0.3 is 14.4 Å². The number of phenolic OH excluding ortho intramolecular Hbond substituents is 1. The largest absolute Gasteiger partial charge is 0.508 e. The van der Waals surface area contributed by atoms with Crippen LogP contribution < -0.4 is 4.74 Å². The van der Waals surface area contributed by atoms with Crippen molar-refractivity contribution in [1.82, 2.24) is 4.57 Å². The molecule has 2 aromatic carbocycles. The fraction of sp³-hybridized carbons (Fsp3) is 0.190. The van der Waals surface area contributed by atoms with Crippen molar-refractivity contribution in [2.24, 2.45) is 4.99 Å². The summed E-state index contributed by atoms with van der Waals surface area (Å²) < 4.78 is 7.70. The second-order valence-electron chi connectivity index (χ2n) is 5.87. The standard InChI is InChI=1S/C21H22N2O2/c1-4-25-21-10-8-19(9-11-21)23-15(2)12-17(16(23)3)14-22-18-6-5-7-20(24)13-18/h5-14,24H,4H2,1-3H3. The monoisotopic (exact) mass is 334 g/mol. The summed E-state index contributed by atoms with van der Waals surface area (Å²) in [5.74, 6) is 1.09. The molecule has 1 heterocycles. The van der Waals surface area contributed by atoms with Crippen molar-refractivity contribution in [3.8, 4) is 17.2 Å². The molecule has 0 spiro atoms. The van der Waals surface area contributed by atoms with Crippen molar-refractivity contribution in [2.45, 2.75) is 20.8 Å². The summed E-state index contributed by atoms with van der Waals surface area (Å²) >= 11 is 0. The summed E-state index contributed by atoms with van der Waals surface area (Å²) in [4.78, 5) is 4.47. The first-order chi connectivity index (χ1) is 12.1. The number of hydrogen-bond donors (Lipinski definition) is 1. The second kappa shape index (κ2) is 7.26. The Morgan fingerprint density at radius 2 is 1.84 bits per heavy atom. The number of ether oxygens (including phenoxy) is 1. The molecule has 4 heteroatoms. The van der Waals surface area contributed by atoms with E-state index in [-0.39, 0.29) is 5.75 Å². The van der Waals surface area contributed by atoms with Crippen LogP contribution >= 0.6 is 0 Å². The third kappa shape index (κ3) is 3.74. The number of benzene rings is 2. The van der Waals surface area contributed by atoms with Gasteiger partial charge in [0.05, 0.1) is 12.3 Å². The Hall–Kier alpha value is -3.01. The molecule has 0 aliphatic heterocycles. The fourth-order valence-corrected chi connectivity index (χ4v) is 2.89. The molecular formula is C21H22N2O2. The van der Waals surface area contributed by atoms with E-state index in [1.165, 1.54) is 0 Å². The Bertz CT molecular complexity index is 893. The van der Waals surface area contributed by atoms with E-state index in [9.17, 15) is 5.11 Å². The lowest BCUT2D eigenvalue weighted by atomic mass is 10.2. The molecule has 0 unspecified atom stereocenters. The van der Waals surface area contributed by atoms with Crippen molar-refractivity contribution in [3.63, 3.8) is 0 Å². The minimum absolute atomic E-state index is 0.217. The van der Waals surface area contributed by atoms with Gasteiger partial charge in [-0.3, -0.25) is 4.99 Å². The molecule has 3 aromatic rings. The van der Waals surface area contributed by atoms with Crippen LogP contribution in [-0.4, -0.2) is 22.5 Å². The first-order valence-corrected chi connectivity index (χ1v) is 8.33. The molecule has 0 atom stereocenters. The summed E-state index contributed by atoms with van der Waals surface area (Å²) in [5.41, 5.74) is 5.13. The van der Waals surface area contributed by atoms with Crippen molar-refractivity contribution >= 4 is 11.9 Å². The van der Waals surface area contributed by atoms with E-state index in [1.807, 2.05) is 31.3 Å². The summed E-state index contributed by atoms with van der Waals surface area (Å²) in [6, 6.07) is 17.1. The Balaban J connectivity index is 1.90. The molecule has 128 valence electrons. The number of nitrogens with zero attached hydrogens (tertiary/aromatic N) is 2. The minimum atomic E-state index is 0.217. The van der Waals surface area contributed by atoms with E-state index in [0.717, 1.165) is 34.1 Å². The lowest BCUT2D eigenvalue weighted by molar-refractivity contribution is 0.340. The highest BCUT2D eigenvalue weighted by atomic mass is 16.5. The molecule has 0 saturated carbocycles. The van der Waals surface area contributed by atoms with Crippen LogP contribution in [0.4, 0.5) is 5.69 Å². The first kappa shape index (κ1) is 16.8. The third-order valence-electron chi connectivity index (χ3n) is 4.06. The van der Waals surface area contributed by atoms with Crippen LogP contribution in [-0.2, 0) is 0 Å². The average Bonchev–Trinajstić information content (AvgIpc) is 2.88. The first-order valence-electron chi connectivity index (χ1n) is 8.33. The van der Waals surface area contributed by atoms with Gasteiger partial charge in [0.1, 0.15) is 11.5 Å². The van der Waals surface area contributed by atoms with Crippen LogP contribution in [0.5, 0.6) is 11.5 Å². The maximum atomic E-state index is 9.53. The lowest BCUT2D eigenvalue weighted by Gasteiger charge is -2.10. The van der Waals surface area contributed by atoms with E-state index in [4.69, 9.17) is 4.74 Å². The molecule has 0 radical (unpaired) electrons. The lowest BCUT2D eigenvalue weighted by Crippen LogP contribution is -2.00. The molecule has 4 nitrogen and oxygen atoms in total. The molecule has 0 amide bonds. The molecule has 0 aliphatic carbocycles. The van der Waals surface area contributed by atoms with Gasteiger partial charge in [-0.05, 0) is 63.2 Å². The van der Waals surface area contributed by atoms with Crippen LogP contribution in [0, 0.1) is 13.8 Å². The van der Waals surface area contributed by atoms with E-state index in [0.29, 0.717) is 6.61 Å². The van der Waals surface area contributed by atoms with Gasteiger partial charge in [0.2, 0.25) is 0 Å². The van der Waals surface area contributed by atoms with E-state index < -0.39 is 0 Å². The van der Waals surface area contributed by atoms with Gasteiger partial charge in [0.15, 0.2) is 0 Å². The highest BCUT2D eigenvalue weighted by Crippen LogP contribution is 2.23. The number of aliphatic imine (C=N–C) groups is 1.